The van der Waals surface area contributed by atoms with Gasteiger partial charge in [-0.1, -0.05) is 18.6 Å². The van der Waals surface area contributed by atoms with Crippen molar-refractivity contribution >= 4 is 27.5 Å². The van der Waals surface area contributed by atoms with Gasteiger partial charge in [-0.05, 0) is 55.2 Å². The Bertz CT molecular complexity index is 1110. The Morgan fingerprint density at radius 2 is 2.00 bits per heavy atom. The van der Waals surface area contributed by atoms with E-state index >= 15 is 0 Å². The van der Waals surface area contributed by atoms with Gasteiger partial charge in [0.15, 0.2) is 0 Å². The second-order valence-electron chi connectivity index (χ2n) is 7.39. The molecule has 0 aromatic heterocycles. The van der Waals surface area contributed by atoms with Crippen LogP contribution in [0.3, 0.4) is 0 Å². The summed E-state index contributed by atoms with van der Waals surface area (Å²) in [6, 6.07) is 9.44. The molecular formula is C21H22FN3O3S. The van der Waals surface area contributed by atoms with Crippen LogP contribution in [0.1, 0.15) is 47.2 Å². The summed E-state index contributed by atoms with van der Waals surface area (Å²) in [6.07, 6.45) is 3.55. The molecule has 1 fully saturated rings. The van der Waals surface area contributed by atoms with Crippen molar-refractivity contribution in [3.8, 4) is 0 Å². The summed E-state index contributed by atoms with van der Waals surface area (Å²) in [5, 5.41) is 2.71. The minimum atomic E-state index is -3.85. The number of carbonyl (C=O) groups excluding carboxylic acids is 1. The van der Waals surface area contributed by atoms with Gasteiger partial charge < -0.3 is 10.2 Å². The fraction of sp³-hybridized carbons (Fsp3) is 0.333. The molecule has 1 N–H and O–H groups in total. The molecule has 6 nitrogen and oxygen atoms in total. The van der Waals surface area contributed by atoms with E-state index in [1.54, 1.807) is 31.2 Å². The van der Waals surface area contributed by atoms with Gasteiger partial charge in [0.25, 0.3) is 15.9 Å². The predicted octanol–water partition coefficient (Wildman–Crippen LogP) is 3.55. The smallest absolute Gasteiger partial charge is 0.286 e. The molecule has 8 heteroatoms. The fourth-order valence-electron chi connectivity index (χ4n) is 3.65. The van der Waals surface area contributed by atoms with E-state index in [0.717, 1.165) is 19.3 Å². The van der Waals surface area contributed by atoms with Crippen LogP contribution >= 0.6 is 0 Å². The maximum Gasteiger partial charge on any atom is 0.286 e. The van der Waals surface area contributed by atoms with Crippen LogP contribution in [0.25, 0.3) is 0 Å². The minimum absolute atomic E-state index is 0.0529. The number of hydrogen-bond acceptors (Lipinski definition) is 4. The molecule has 152 valence electrons. The summed E-state index contributed by atoms with van der Waals surface area (Å²) >= 11 is 0. The maximum absolute atomic E-state index is 13.7. The lowest BCUT2D eigenvalue weighted by Gasteiger charge is -2.29. The first kappa shape index (κ1) is 19.6. The summed E-state index contributed by atoms with van der Waals surface area (Å²) < 4.78 is 43.0. The number of anilines is 1. The zero-order valence-electron chi connectivity index (χ0n) is 16.1. The number of nitrogens with one attached hydrogen (secondary N) is 1. The number of fused-ring (bicyclic) bond motifs is 3. The minimum Gasteiger partial charge on any atom is -0.348 e. The van der Waals surface area contributed by atoms with E-state index in [1.165, 1.54) is 12.1 Å². The number of hydrogen-bond donors (Lipinski definition) is 1. The number of carbonyl (C=O) groups is 1. The third-order valence-corrected chi connectivity index (χ3v) is 6.63. The highest BCUT2D eigenvalue weighted by Gasteiger charge is 2.32. The molecule has 1 saturated heterocycles. The predicted molar refractivity (Wildman–Crippen MR) is 109 cm³/mol. The van der Waals surface area contributed by atoms with Gasteiger partial charge in [0.2, 0.25) is 0 Å². The molecule has 2 aromatic rings. The van der Waals surface area contributed by atoms with Gasteiger partial charge in [-0.25, -0.2) is 4.39 Å². The Morgan fingerprint density at radius 1 is 1.17 bits per heavy atom. The third-order valence-electron chi connectivity index (χ3n) is 5.30. The van der Waals surface area contributed by atoms with Gasteiger partial charge in [0.1, 0.15) is 16.5 Å². The lowest BCUT2D eigenvalue weighted by atomic mass is 10.1. The van der Waals surface area contributed by atoms with Gasteiger partial charge in [-0.3, -0.25) is 4.79 Å². The van der Waals surface area contributed by atoms with Gasteiger partial charge in [-0.2, -0.15) is 8.42 Å². The Kier molecular flexibility index (Phi) is 5.12. The topological polar surface area (TPSA) is 78.8 Å². The van der Waals surface area contributed by atoms with E-state index in [4.69, 9.17) is 0 Å². The van der Waals surface area contributed by atoms with Gasteiger partial charge in [0.05, 0.1) is 5.69 Å². The number of nitrogens with zero attached hydrogens (tertiary/aromatic N) is 2. The highest BCUT2D eigenvalue weighted by atomic mass is 32.2. The van der Waals surface area contributed by atoms with Crippen LogP contribution in [-0.2, 0) is 16.6 Å². The number of sulfonamides is 1. The lowest BCUT2D eigenvalue weighted by Crippen LogP contribution is -2.35. The van der Waals surface area contributed by atoms with E-state index < -0.39 is 15.9 Å². The van der Waals surface area contributed by atoms with Crippen molar-refractivity contribution in [3.63, 3.8) is 0 Å². The first-order chi connectivity index (χ1) is 13.8. The Balaban J connectivity index is 1.58. The van der Waals surface area contributed by atoms with E-state index in [1.807, 2.05) is 4.90 Å². The van der Waals surface area contributed by atoms with Crippen molar-refractivity contribution in [2.24, 2.45) is 4.40 Å². The van der Waals surface area contributed by atoms with Crippen molar-refractivity contribution in [2.45, 2.75) is 44.0 Å². The number of amidine groups is 1. The van der Waals surface area contributed by atoms with Crippen LogP contribution in [0.4, 0.5) is 10.1 Å². The van der Waals surface area contributed by atoms with Crippen molar-refractivity contribution in [2.75, 3.05) is 11.4 Å². The molecule has 0 saturated carbocycles. The number of rotatable bonds is 3. The van der Waals surface area contributed by atoms with Crippen LogP contribution in [0, 0.1) is 12.7 Å². The van der Waals surface area contributed by atoms with Gasteiger partial charge in [0, 0.05) is 25.1 Å². The van der Waals surface area contributed by atoms with E-state index in [0.29, 0.717) is 35.6 Å². The van der Waals surface area contributed by atoms with E-state index in [-0.39, 0.29) is 22.8 Å². The summed E-state index contributed by atoms with van der Waals surface area (Å²) in [5.41, 5.74) is 1.97. The van der Waals surface area contributed by atoms with Crippen molar-refractivity contribution in [1.82, 2.24) is 5.32 Å². The molecule has 0 aliphatic carbocycles. The largest absolute Gasteiger partial charge is 0.348 e. The molecular weight excluding hydrogens is 393 g/mol. The van der Waals surface area contributed by atoms with Crippen LogP contribution in [0.15, 0.2) is 45.7 Å². The zero-order valence-corrected chi connectivity index (χ0v) is 16.9. The van der Waals surface area contributed by atoms with E-state index in [9.17, 15) is 17.6 Å². The Labute approximate surface area is 169 Å². The molecule has 0 unspecified atom stereocenters. The second kappa shape index (κ2) is 7.59. The molecule has 29 heavy (non-hydrogen) atoms. The molecule has 0 bridgehead atoms. The molecule has 1 amide bonds. The molecule has 2 aliphatic rings. The average molecular weight is 415 g/mol. The zero-order chi connectivity index (χ0) is 20.6. The van der Waals surface area contributed by atoms with Crippen LogP contribution < -0.4 is 10.2 Å². The van der Waals surface area contributed by atoms with Crippen molar-refractivity contribution in [3.05, 3.63) is 58.9 Å². The van der Waals surface area contributed by atoms with Crippen LogP contribution in [0.2, 0.25) is 0 Å². The monoisotopic (exact) mass is 415 g/mol. The first-order valence-corrected chi connectivity index (χ1v) is 11.1. The molecule has 2 aromatic carbocycles. The van der Waals surface area contributed by atoms with Crippen molar-refractivity contribution in [1.29, 1.82) is 0 Å². The fourth-order valence-corrected chi connectivity index (χ4v) is 4.94. The Hall–Kier alpha value is -2.74. The quantitative estimate of drug-likeness (QED) is 0.832. The van der Waals surface area contributed by atoms with Crippen molar-refractivity contribution < 1.29 is 17.6 Å². The lowest BCUT2D eigenvalue weighted by molar-refractivity contribution is 0.0950. The SMILES string of the molecule is Cc1ccc(CNC(=O)c2ccc3c(c2)S(=O)(=O)N=C2CCCCCN23)cc1F. The average Bonchev–Trinajstić information content (AvgIpc) is 2.93. The molecule has 0 radical (unpaired) electrons. The summed E-state index contributed by atoms with van der Waals surface area (Å²) in [6.45, 7) is 2.53. The van der Waals surface area contributed by atoms with Gasteiger partial charge >= 0.3 is 0 Å². The molecule has 0 spiro atoms. The Morgan fingerprint density at radius 3 is 2.79 bits per heavy atom. The first-order valence-electron chi connectivity index (χ1n) is 9.64. The highest BCUT2D eigenvalue weighted by Crippen LogP contribution is 2.35. The van der Waals surface area contributed by atoms with E-state index in [2.05, 4.69) is 9.71 Å². The normalized spacial score (nSPS) is 17.6. The number of benzene rings is 2. The maximum atomic E-state index is 13.7. The van der Waals surface area contributed by atoms with Crippen LogP contribution in [-0.4, -0.2) is 26.7 Å². The summed E-state index contributed by atoms with van der Waals surface area (Å²) in [7, 11) is -3.85. The summed E-state index contributed by atoms with van der Waals surface area (Å²) in [4.78, 5) is 14.6. The number of halogens is 1. The summed E-state index contributed by atoms with van der Waals surface area (Å²) in [5.74, 6) is -0.175. The molecule has 2 aliphatic heterocycles. The highest BCUT2D eigenvalue weighted by molar-refractivity contribution is 7.90. The molecule has 2 heterocycles. The molecule has 4 rings (SSSR count). The third kappa shape index (κ3) is 3.89. The van der Waals surface area contributed by atoms with Crippen LogP contribution in [0.5, 0.6) is 0 Å². The van der Waals surface area contributed by atoms with Gasteiger partial charge in [-0.15, -0.1) is 4.40 Å². The number of amides is 1. The standard InChI is InChI=1S/C21H22FN3O3S/c1-14-6-7-15(11-17(14)22)13-23-21(26)16-8-9-18-19(12-16)29(27,28)24-20-5-3-2-4-10-25(18)20/h6-9,11-12H,2-5,10,13H2,1H3,(H,23,26). The molecule has 0 atom stereocenters. The second-order valence-corrected chi connectivity index (χ2v) is 8.97. The number of aryl methyl sites for hydroxylation is 1.